The van der Waals surface area contributed by atoms with Crippen LogP contribution < -0.4 is 5.32 Å². The van der Waals surface area contributed by atoms with Gasteiger partial charge in [-0.05, 0) is 19.4 Å². The molecule has 1 unspecified atom stereocenters. The second kappa shape index (κ2) is 4.70. The average Bonchev–Trinajstić information content (AvgIpc) is 2.15. The number of likely N-dealkylation sites (N-methyl/N-ethyl adjacent to an activating group) is 1. The van der Waals surface area contributed by atoms with Crippen LogP contribution in [0.25, 0.3) is 0 Å². The Balaban J connectivity index is 2.27. The van der Waals surface area contributed by atoms with E-state index in [0.29, 0.717) is 12.5 Å². The van der Waals surface area contributed by atoms with Crippen LogP contribution in [0.2, 0.25) is 0 Å². The maximum Gasteiger partial charge on any atom is 0.0434 e. The molecule has 1 aliphatic heterocycles. The van der Waals surface area contributed by atoms with Crippen molar-refractivity contribution in [3.8, 4) is 0 Å². The number of rotatable bonds is 2. The van der Waals surface area contributed by atoms with Gasteiger partial charge in [-0.15, -0.1) is 0 Å². The van der Waals surface area contributed by atoms with Crippen molar-refractivity contribution in [1.82, 2.24) is 10.2 Å². The third kappa shape index (κ3) is 3.18. The van der Waals surface area contributed by atoms with Gasteiger partial charge in [-0.1, -0.05) is 0 Å². The molecule has 3 heteroatoms. The lowest BCUT2D eigenvalue weighted by molar-refractivity contribution is 0.230. The van der Waals surface area contributed by atoms with Gasteiger partial charge in [-0.2, -0.15) is 0 Å². The molecule has 1 aliphatic rings. The smallest absolute Gasteiger partial charge is 0.0434 e. The molecule has 0 amide bonds. The van der Waals surface area contributed by atoms with Crippen LogP contribution in [0.15, 0.2) is 0 Å². The molecule has 0 aliphatic carbocycles. The number of hydrogen-bond donors (Lipinski definition) is 1. The maximum absolute atomic E-state index is 8.74. The molecule has 11 heavy (non-hydrogen) atoms. The molecular weight excluding hydrogens is 140 g/mol. The Labute approximate surface area is 68.4 Å². The zero-order valence-electron chi connectivity index (χ0n) is 7.16. The van der Waals surface area contributed by atoms with Gasteiger partial charge in [0.2, 0.25) is 0 Å². The highest BCUT2D eigenvalue weighted by molar-refractivity contribution is 4.70. The zero-order chi connectivity index (χ0) is 8.10. The van der Waals surface area contributed by atoms with Gasteiger partial charge >= 0.3 is 0 Å². The van der Waals surface area contributed by atoms with Crippen molar-refractivity contribution < 1.29 is 5.11 Å². The van der Waals surface area contributed by atoms with Crippen molar-refractivity contribution in [3.05, 3.63) is 0 Å². The van der Waals surface area contributed by atoms with Crippen molar-refractivity contribution in [2.75, 3.05) is 39.8 Å². The highest BCUT2D eigenvalue weighted by Gasteiger charge is 2.14. The third-order valence-corrected chi connectivity index (χ3v) is 2.13. The van der Waals surface area contributed by atoms with E-state index in [0.717, 1.165) is 32.6 Å². The molecule has 0 aromatic heterocycles. The van der Waals surface area contributed by atoms with E-state index in [2.05, 4.69) is 17.3 Å². The monoisotopic (exact) mass is 157 g/mol. The minimum Gasteiger partial charge on any atom is -0.396 e. The van der Waals surface area contributed by atoms with Crippen LogP contribution in [0, 0.1) is 5.92 Å². The van der Waals surface area contributed by atoms with Crippen molar-refractivity contribution in [2.45, 2.75) is 6.42 Å². The van der Waals surface area contributed by atoms with Crippen LogP contribution in [-0.2, 0) is 0 Å². The van der Waals surface area contributed by atoms with Gasteiger partial charge in [0.1, 0.15) is 0 Å². The molecule has 0 spiro atoms. The fourth-order valence-corrected chi connectivity index (χ4v) is 1.47. The SMILES string of the molecule is CN1CC[N]CC(CCO)C1. The normalized spacial score (nSPS) is 28.4. The van der Waals surface area contributed by atoms with E-state index in [1.165, 1.54) is 0 Å². The van der Waals surface area contributed by atoms with E-state index in [1.54, 1.807) is 0 Å². The van der Waals surface area contributed by atoms with Crippen molar-refractivity contribution in [3.63, 3.8) is 0 Å². The topological polar surface area (TPSA) is 37.6 Å². The Morgan fingerprint density at radius 3 is 3.18 bits per heavy atom. The second-order valence-electron chi connectivity index (χ2n) is 3.27. The minimum absolute atomic E-state index is 0.300. The minimum atomic E-state index is 0.300. The van der Waals surface area contributed by atoms with Crippen molar-refractivity contribution >= 4 is 0 Å². The van der Waals surface area contributed by atoms with Crippen LogP contribution in [0.1, 0.15) is 6.42 Å². The third-order valence-electron chi connectivity index (χ3n) is 2.13. The maximum atomic E-state index is 8.74. The standard InChI is InChI=1S/C8H17N2O/c1-10-4-3-9-6-8(7-10)2-5-11/h8,11H,2-7H2,1H3. The van der Waals surface area contributed by atoms with Gasteiger partial charge in [0.15, 0.2) is 0 Å². The first kappa shape index (κ1) is 8.97. The molecule has 1 fully saturated rings. The van der Waals surface area contributed by atoms with E-state index in [9.17, 15) is 0 Å². The first-order valence-corrected chi connectivity index (χ1v) is 4.25. The summed E-state index contributed by atoms with van der Waals surface area (Å²) in [5.74, 6) is 0.576. The number of nitrogens with zero attached hydrogens (tertiary/aromatic N) is 2. The Hall–Kier alpha value is -0.120. The first-order valence-electron chi connectivity index (χ1n) is 4.25. The molecule has 3 nitrogen and oxygen atoms in total. The second-order valence-corrected chi connectivity index (χ2v) is 3.27. The molecule has 1 atom stereocenters. The van der Waals surface area contributed by atoms with Crippen LogP contribution in [0.5, 0.6) is 0 Å². The van der Waals surface area contributed by atoms with Crippen LogP contribution in [-0.4, -0.2) is 49.8 Å². The molecule has 1 saturated heterocycles. The van der Waals surface area contributed by atoms with Crippen LogP contribution in [0.4, 0.5) is 0 Å². The van der Waals surface area contributed by atoms with Gasteiger partial charge in [0.05, 0.1) is 0 Å². The average molecular weight is 157 g/mol. The lowest BCUT2D eigenvalue weighted by Crippen LogP contribution is -2.26. The molecular formula is C8H17N2O. The molecule has 1 heterocycles. The first-order chi connectivity index (χ1) is 5.33. The molecule has 0 aromatic rings. The summed E-state index contributed by atoms with van der Waals surface area (Å²) in [5, 5.41) is 13.1. The van der Waals surface area contributed by atoms with E-state index in [1.807, 2.05) is 0 Å². The molecule has 1 N–H and O–H groups in total. The summed E-state index contributed by atoms with van der Waals surface area (Å²) >= 11 is 0. The molecule has 1 rings (SSSR count). The lowest BCUT2D eigenvalue weighted by atomic mass is 10.1. The van der Waals surface area contributed by atoms with Gasteiger partial charge < -0.3 is 10.0 Å². The van der Waals surface area contributed by atoms with Gasteiger partial charge in [-0.3, -0.25) is 0 Å². The van der Waals surface area contributed by atoms with Crippen molar-refractivity contribution in [1.29, 1.82) is 0 Å². The van der Waals surface area contributed by atoms with E-state index < -0.39 is 0 Å². The fourth-order valence-electron chi connectivity index (χ4n) is 1.47. The molecule has 0 bridgehead atoms. The zero-order valence-corrected chi connectivity index (χ0v) is 7.16. The van der Waals surface area contributed by atoms with Gasteiger partial charge in [0, 0.05) is 32.8 Å². The molecule has 0 saturated carbocycles. The quantitative estimate of drug-likeness (QED) is 0.588. The Kier molecular flexibility index (Phi) is 3.83. The predicted octanol–water partition coefficient (Wildman–Crippen LogP) is -0.465. The van der Waals surface area contributed by atoms with E-state index in [-0.39, 0.29) is 0 Å². The van der Waals surface area contributed by atoms with Crippen LogP contribution in [0.3, 0.4) is 0 Å². The summed E-state index contributed by atoms with van der Waals surface area (Å²) in [6, 6.07) is 0. The Morgan fingerprint density at radius 1 is 1.64 bits per heavy atom. The lowest BCUT2D eigenvalue weighted by Gasteiger charge is -2.17. The summed E-state index contributed by atoms with van der Waals surface area (Å²) in [6.45, 7) is 4.35. The van der Waals surface area contributed by atoms with E-state index >= 15 is 0 Å². The number of hydrogen-bond acceptors (Lipinski definition) is 2. The summed E-state index contributed by atoms with van der Waals surface area (Å²) in [4.78, 5) is 2.29. The summed E-state index contributed by atoms with van der Waals surface area (Å²) < 4.78 is 0. The highest BCUT2D eigenvalue weighted by Crippen LogP contribution is 2.06. The Bertz CT molecular complexity index is 108. The highest BCUT2D eigenvalue weighted by atomic mass is 16.3. The molecule has 0 aromatic carbocycles. The number of aliphatic hydroxyl groups excluding tert-OH is 1. The molecule has 65 valence electrons. The predicted molar refractivity (Wildman–Crippen MR) is 44.6 cm³/mol. The van der Waals surface area contributed by atoms with E-state index in [4.69, 9.17) is 5.11 Å². The summed E-state index contributed by atoms with van der Waals surface area (Å²) in [6.07, 6.45) is 0.897. The largest absolute Gasteiger partial charge is 0.396 e. The molecule has 1 radical (unpaired) electrons. The summed E-state index contributed by atoms with van der Waals surface area (Å²) in [5.41, 5.74) is 0. The van der Waals surface area contributed by atoms with Gasteiger partial charge in [-0.25, -0.2) is 5.32 Å². The van der Waals surface area contributed by atoms with Crippen molar-refractivity contribution in [2.24, 2.45) is 5.92 Å². The van der Waals surface area contributed by atoms with Gasteiger partial charge in [0.25, 0.3) is 0 Å². The number of aliphatic hydroxyl groups is 1. The Morgan fingerprint density at radius 2 is 2.45 bits per heavy atom. The summed E-state index contributed by atoms with van der Waals surface area (Å²) in [7, 11) is 2.12. The van der Waals surface area contributed by atoms with Crippen LogP contribution >= 0.6 is 0 Å². The fraction of sp³-hybridized carbons (Fsp3) is 1.00.